The van der Waals surface area contributed by atoms with E-state index in [4.69, 9.17) is 0 Å². The van der Waals surface area contributed by atoms with Crippen molar-refractivity contribution in [2.24, 2.45) is 11.8 Å². The second-order valence-corrected chi connectivity index (χ2v) is 5.80. The first-order valence-electron chi connectivity index (χ1n) is 7.31. The Morgan fingerprint density at radius 1 is 1.33 bits per heavy atom. The molecule has 0 aromatic rings. The molecular weight excluding hydrogens is 218 g/mol. The smallest absolute Gasteiger partial charge is 0.0203 e. The molecule has 0 spiro atoms. The van der Waals surface area contributed by atoms with Gasteiger partial charge in [0.2, 0.25) is 0 Å². The van der Waals surface area contributed by atoms with Crippen LogP contribution < -0.4 is 5.32 Å². The summed E-state index contributed by atoms with van der Waals surface area (Å²) in [6.07, 6.45) is 16.7. The van der Waals surface area contributed by atoms with Crippen LogP contribution in [0, 0.1) is 11.8 Å². The Kier molecular flexibility index (Phi) is 3.40. The van der Waals surface area contributed by atoms with Crippen molar-refractivity contribution in [1.82, 2.24) is 5.32 Å². The van der Waals surface area contributed by atoms with E-state index >= 15 is 0 Å². The number of hydrogen-bond acceptors (Lipinski definition) is 1. The first-order valence-corrected chi connectivity index (χ1v) is 7.31. The summed E-state index contributed by atoms with van der Waals surface area (Å²) >= 11 is 0. The van der Waals surface area contributed by atoms with Crippen LogP contribution in [0.15, 0.2) is 47.7 Å². The van der Waals surface area contributed by atoms with Crippen molar-refractivity contribution in [1.29, 1.82) is 0 Å². The van der Waals surface area contributed by atoms with Crippen molar-refractivity contribution >= 4 is 0 Å². The Morgan fingerprint density at radius 2 is 2.17 bits per heavy atom. The molecule has 96 valence electrons. The maximum Gasteiger partial charge on any atom is 0.0203 e. The van der Waals surface area contributed by atoms with Gasteiger partial charge in [0, 0.05) is 18.2 Å². The molecule has 1 heteroatoms. The van der Waals surface area contributed by atoms with Crippen molar-refractivity contribution in [3.05, 3.63) is 47.7 Å². The third-order valence-electron chi connectivity index (χ3n) is 4.20. The average Bonchev–Trinajstić information content (AvgIpc) is 3.29. The Hall–Kier alpha value is -1.24. The van der Waals surface area contributed by atoms with Gasteiger partial charge in [0.1, 0.15) is 0 Å². The molecule has 3 aliphatic carbocycles. The van der Waals surface area contributed by atoms with E-state index in [0.29, 0.717) is 5.92 Å². The monoisotopic (exact) mass is 241 g/mol. The molecule has 2 atom stereocenters. The molecule has 3 aliphatic rings. The van der Waals surface area contributed by atoms with Crippen molar-refractivity contribution in [3.8, 4) is 0 Å². The number of rotatable bonds is 6. The van der Waals surface area contributed by atoms with Crippen molar-refractivity contribution in [2.45, 2.75) is 38.5 Å². The van der Waals surface area contributed by atoms with E-state index in [0.717, 1.165) is 12.5 Å². The van der Waals surface area contributed by atoms with Crippen LogP contribution in [-0.2, 0) is 0 Å². The minimum Gasteiger partial charge on any atom is -0.388 e. The van der Waals surface area contributed by atoms with Gasteiger partial charge in [0.15, 0.2) is 0 Å². The Balaban J connectivity index is 1.46. The molecule has 0 amide bonds. The molecule has 1 nitrogen and oxygen atoms in total. The normalized spacial score (nSPS) is 28.4. The van der Waals surface area contributed by atoms with Crippen LogP contribution in [0.2, 0.25) is 0 Å². The van der Waals surface area contributed by atoms with Crippen molar-refractivity contribution < 1.29 is 0 Å². The van der Waals surface area contributed by atoms with E-state index < -0.39 is 0 Å². The third kappa shape index (κ3) is 2.95. The zero-order chi connectivity index (χ0) is 12.4. The lowest BCUT2D eigenvalue weighted by Crippen LogP contribution is -2.21. The quantitative estimate of drug-likeness (QED) is 0.545. The molecule has 0 aliphatic heterocycles. The number of hydrogen-bond donors (Lipinski definition) is 1. The highest BCUT2D eigenvalue weighted by atomic mass is 14.9. The first-order chi connectivity index (χ1) is 8.84. The minimum absolute atomic E-state index is 0.614. The third-order valence-corrected chi connectivity index (χ3v) is 4.20. The van der Waals surface area contributed by atoms with Crippen LogP contribution in [0.3, 0.4) is 0 Å². The Morgan fingerprint density at radius 3 is 2.78 bits per heavy atom. The van der Waals surface area contributed by atoms with E-state index in [2.05, 4.69) is 36.2 Å². The molecule has 3 rings (SSSR count). The largest absolute Gasteiger partial charge is 0.388 e. The van der Waals surface area contributed by atoms with Gasteiger partial charge in [-0.25, -0.2) is 0 Å². The zero-order valence-corrected chi connectivity index (χ0v) is 11.1. The molecular formula is C17H23N. The lowest BCUT2D eigenvalue weighted by molar-refractivity contribution is 0.599. The highest BCUT2D eigenvalue weighted by molar-refractivity contribution is 5.31. The highest BCUT2D eigenvalue weighted by Gasteiger charge is 2.26. The topological polar surface area (TPSA) is 12.0 Å². The summed E-state index contributed by atoms with van der Waals surface area (Å²) in [5, 5.41) is 3.71. The van der Waals surface area contributed by atoms with Crippen LogP contribution in [0.5, 0.6) is 0 Å². The zero-order valence-electron chi connectivity index (χ0n) is 11.1. The fraction of sp³-hybridized carbons (Fsp3) is 0.529. The molecule has 2 fully saturated rings. The van der Waals surface area contributed by atoms with E-state index in [1.165, 1.54) is 49.8 Å². The second kappa shape index (κ2) is 5.17. The second-order valence-electron chi connectivity index (χ2n) is 5.80. The summed E-state index contributed by atoms with van der Waals surface area (Å²) in [6, 6.07) is 0. The van der Waals surface area contributed by atoms with Gasteiger partial charge in [-0.15, -0.1) is 0 Å². The lowest BCUT2D eigenvalue weighted by atomic mass is 9.96. The molecule has 18 heavy (non-hydrogen) atoms. The average molecular weight is 241 g/mol. The molecule has 0 aromatic heterocycles. The van der Waals surface area contributed by atoms with Gasteiger partial charge in [-0.05, 0) is 44.4 Å². The van der Waals surface area contributed by atoms with Gasteiger partial charge in [0.05, 0.1) is 0 Å². The van der Waals surface area contributed by atoms with Gasteiger partial charge in [0.25, 0.3) is 0 Å². The predicted molar refractivity (Wildman–Crippen MR) is 77.1 cm³/mol. The van der Waals surface area contributed by atoms with Gasteiger partial charge in [-0.3, -0.25) is 0 Å². The number of allylic oxidation sites excluding steroid dienone is 6. The van der Waals surface area contributed by atoms with Crippen LogP contribution in [0.4, 0.5) is 0 Å². The van der Waals surface area contributed by atoms with E-state index in [1.54, 1.807) is 5.57 Å². The van der Waals surface area contributed by atoms with Gasteiger partial charge in [-0.2, -0.15) is 0 Å². The Labute approximate surface area is 110 Å². The van der Waals surface area contributed by atoms with E-state index in [9.17, 15) is 0 Å². The van der Waals surface area contributed by atoms with Crippen LogP contribution in [-0.4, -0.2) is 6.54 Å². The maximum absolute atomic E-state index is 4.03. The molecule has 2 unspecified atom stereocenters. The van der Waals surface area contributed by atoms with E-state index in [-0.39, 0.29) is 0 Å². The van der Waals surface area contributed by atoms with Crippen LogP contribution in [0.1, 0.15) is 38.5 Å². The van der Waals surface area contributed by atoms with Gasteiger partial charge >= 0.3 is 0 Å². The lowest BCUT2D eigenvalue weighted by Gasteiger charge is -2.19. The van der Waals surface area contributed by atoms with Crippen LogP contribution in [0.25, 0.3) is 0 Å². The maximum atomic E-state index is 4.03. The number of nitrogens with one attached hydrogen (secondary N) is 1. The molecule has 1 N–H and O–H groups in total. The summed E-state index contributed by atoms with van der Waals surface area (Å²) < 4.78 is 0. The molecule has 0 heterocycles. The minimum atomic E-state index is 0.614. The summed E-state index contributed by atoms with van der Waals surface area (Å²) in [5.74, 6) is 1.46. The van der Waals surface area contributed by atoms with Crippen molar-refractivity contribution in [3.63, 3.8) is 0 Å². The Bertz CT molecular complexity index is 419. The summed E-state index contributed by atoms with van der Waals surface area (Å²) in [4.78, 5) is 0. The standard InChI is InChI=1S/C17H23N/c1-13-12-16(13)8-5-11-18-17(15-9-10-15)14-6-3-2-4-7-14/h2-4,6,14,16,18H,1,5,7-12H2. The molecule has 0 radical (unpaired) electrons. The van der Waals surface area contributed by atoms with Crippen molar-refractivity contribution in [2.75, 3.05) is 6.54 Å². The molecule has 0 saturated heterocycles. The van der Waals surface area contributed by atoms with Gasteiger partial charge < -0.3 is 5.32 Å². The van der Waals surface area contributed by atoms with E-state index in [1.807, 2.05) is 0 Å². The van der Waals surface area contributed by atoms with Crippen LogP contribution >= 0.6 is 0 Å². The fourth-order valence-electron chi connectivity index (χ4n) is 2.78. The summed E-state index contributed by atoms with van der Waals surface area (Å²) in [6.45, 7) is 5.16. The van der Waals surface area contributed by atoms with Gasteiger partial charge in [-0.1, -0.05) is 42.0 Å². The highest BCUT2D eigenvalue weighted by Crippen LogP contribution is 2.39. The fourth-order valence-corrected chi connectivity index (χ4v) is 2.78. The predicted octanol–water partition coefficient (Wildman–Crippen LogP) is 4.11. The molecule has 0 aromatic carbocycles. The summed E-state index contributed by atoms with van der Waals surface area (Å²) in [7, 11) is 0. The molecule has 0 bridgehead atoms. The SMILES string of the molecule is C=C1CC1CCCNC(=C1CC1)C1C=CC=CC1. The summed E-state index contributed by atoms with van der Waals surface area (Å²) in [5.41, 5.74) is 4.66. The first kappa shape index (κ1) is 11.8. The molecule has 2 saturated carbocycles.